The van der Waals surface area contributed by atoms with Crippen molar-refractivity contribution in [2.75, 3.05) is 0 Å². The average Bonchev–Trinajstić information content (AvgIpc) is 2.70. The predicted octanol–water partition coefficient (Wildman–Crippen LogP) is 5.07. The van der Waals surface area contributed by atoms with Crippen LogP contribution in [-0.4, -0.2) is 15.0 Å². The summed E-state index contributed by atoms with van der Waals surface area (Å²) in [6.07, 6.45) is -2.69. The number of benzene rings is 1. The van der Waals surface area contributed by atoms with Crippen LogP contribution in [0, 0.1) is 6.92 Å². The van der Waals surface area contributed by atoms with Crippen molar-refractivity contribution in [3.63, 3.8) is 0 Å². The maximum absolute atomic E-state index is 12.8. The smallest absolute Gasteiger partial charge is 0.215 e. The van der Waals surface area contributed by atoms with Gasteiger partial charge in [-0.15, -0.1) is 5.10 Å². The molecule has 2 aromatic rings. The fourth-order valence-electron chi connectivity index (χ4n) is 1.97. The lowest BCUT2D eigenvalue weighted by molar-refractivity contribution is -0.137. The second kappa shape index (κ2) is 6.08. The number of aryl methyl sites for hydroxylation is 1. The third-order valence-corrected chi connectivity index (χ3v) is 4.24. The van der Waals surface area contributed by atoms with Gasteiger partial charge in [0.2, 0.25) is 0 Å². The molecule has 0 fully saturated rings. The van der Waals surface area contributed by atoms with Crippen LogP contribution >= 0.6 is 31.9 Å². The van der Waals surface area contributed by atoms with E-state index in [4.69, 9.17) is 0 Å². The minimum absolute atomic E-state index is 0.306. The molecule has 1 aromatic carbocycles. The second-order valence-electron chi connectivity index (χ2n) is 4.57. The average molecular weight is 427 g/mol. The van der Waals surface area contributed by atoms with E-state index in [0.29, 0.717) is 14.6 Å². The molecule has 0 radical (unpaired) electrons. The van der Waals surface area contributed by atoms with Crippen molar-refractivity contribution >= 4 is 31.9 Å². The van der Waals surface area contributed by atoms with E-state index in [1.54, 1.807) is 4.68 Å². The highest BCUT2D eigenvalue weighted by Gasteiger charge is 2.32. The third-order valence-electron chi connectivity index (χ3n) is 3.03. The summed E-state index contributed by atoms with van der Waals surface area (Å²) in [6.45, 7) is 3.88. The Labute approximate surface area is 136 Å². The molecular formula is C13H12Br2F3N3. The molecule has 3 nitrogen and oxygen atoms in total. The lowest BCUT2D eigenvalue weighted by Gasteiger charge is -2.13. The number of hydrogen-bond donors (Lipinski definition) is 0. The van der Waals surface area contributed by atoms with Gasteiger partial charge in [-0.05, 0) is 57.3 Å². The number of rotatable bonds is 3. The molecule has 0 bridgehead atoms. The Kier molecular flexibility index (Phi) is 4.77. The van der Waals surface area contributed by atoms with Gasteiger partial charge in [-0.1, -0.05) is 18.6 Å². The van der Waals surface area contributed by atoms with Crippen molar-refractivity contribution in [2.24, 2.45) is 0 Å². The van der Waals surface area contributed by atoms with E-state index >= 15 is 0 Å². The molecule has 0 aliphatic heterocycles. The quantitative estimate of drug-likeness (QED) is 0.685. The molecule has 0 unspecified atom stereocenters. The molecule has 0 saturated carbocycles. The monoisotopic (exact) mass is 425 g/mol. The fraction of sp³-hybridized carbons (Fsp3) is 0.385. The first-order valence-corrected chi connectivity index (χ1v) is 7.82. The topological polar surface area (TPSA) is 30.7 Å². The van der Waals surface area contributed by atoms with Crippen molar-refractivity contribution in [2.45, 2.75) is 32.9 Å². The van der Waals surface area contributed by atoms with Crippen LogP contribution in [0.5, 0.6) is 0 Å². The first-order valence-electron chi connectivity index (χ1n) is 6.23. The van der Waals surface area contributed by atoms with Gasteiger partial charge in [0.1, 0.15) is 0 Å². The lowest BCUT2D eigenvalue weighted by atomic mass is 10.2. The molecule has 0 aliphatic carbocycles. The Hall–Kier alpha value is -0.890. The van der Waals surface area contributed by atoms with Crippen molar-refractivity contribution in [3.05, 3.63) is 38.0 Å². The standard InChI is InChI=1S/C13H12Br2F3N3/c1-3-4-11-7(2)21(20-19-11)12-9(14)5-8(6-10(12)15)13(16,17)18/h5-6H,3-4H2,1-2H3. The van der Waals surface area contributed by atoms with E-state index in [-0.39, 0.29) is 0 Å². The summed E-state index contributed by atoms with van der Waals surface area (Å²) in [6, 6.07) is 2.08. The number of nitrogens with zero attached hydrogens (tertiary/aromatic N) is 3. The molecule has 21 heavy (non-hydrogen) atoms. The summed E-state index contributed by atoms with van der Waals surface area (Å²) in [5.41, 5.74) is 1.45. The summed E-state index contributed by atoms with van der Waals surface area (Å²) in [5, 5.41) is 8.13. The van der Waals surface area contributed by atoms with Gasteiger partial charge >= 0.3 is 6.18 Å². The van der Waals surface area contributed by atoms with Crippen LogP contribution in [0.2, 0.25) is 0 Å². The molecule has 2 rings (SSSR count). The van der Waals surface area contributed by atoms with E-state index in [9.17, 15) is 13.2 Å². The predicted molar refractivity (Wildman–Crippen MR) is 80.5 cm³/mol. The lowest BCUT2D eigenvalue weighted by Crippen LogP contribution is -2.08. The van der Waals surface area contributed by atoms with Crippen LogP contribution in [0.15, 0.2) is 21.1 Å². The molecule has 0 spiro atoms. The van der Waals surface area contributed by atoms with E-state index < -0.39 is 11.7 Å². The van der Waals surface area contributed by atoms with Crippen LogP contribution in [0.4, 0.5) is 13.2 Å². The van der Waals surface area contributed by atoms with Crippen LogP contribution < -0.4 is 0 Å². The molecule has 0 aliphatic rings. The zero-order valence-electron chi connectivity index (χ0n) is 11.3. The summed E-state index contributed by atoms with van der Waals surface area (Å²) in [4.78, 5) is 0. The van der Waals surface area contributed by atoms with Crippen molar-refractivity contribution in [3.8, 4) is 5.69 Å². The molecule has 1 heterocycles. The SMILES string of the molecule is CCCc1nnn(-c2c(Br)cc(C(F)(F)F)cc2Br)c1C. The summed E-state index contributed by atoms with van der Waals surface area (Å²) >= 11 is 6.38. The molecule has 0 amide bonds. The fourth-order valence-corrected chi connectivity index (χ4v) is 3.49. The highest BCUT2D eigenvalue weighted by atomic mass is 79.9. The molecule has 1 aromatic heterocycles. The van der Waals surface area contributed by atoms with Gasteiger partial charge < -0.3 is 0 Å². The zero-order chi connectivity index (χ0) is 15.8. The molecule has 0 saturated heterocycles. The maximum Gasteiger partial charge on any atom is 0.416 e. The normalized spacial score (nSPS) is 12.0. The number of alkyl halides is 3. The molecule has 8 heteroatoms. The van der Waals surface area contributed by atoms with Gasteiger partial charge in [-0.25, -0.2) is 4.68 Å². The first kappa shape index (κ1) is 16.5. The number of halogens is 5. The highest BCUT2D eigenvalue weighted by molar-refractivity contribution is 9.11. The Morgan fingerprint density at radius 2 is 1.76 bits per heavy atom. The minimum atomic E-state index is -4.39. The van der Waals surface area contributed by atoms with Gasteiger partial charge in [0, 0.05) is 8.95 Å². The summed E-state index contributed by atoms with van der Waals surface area (Å²) in [5.74, 6) is 0. The molecule has 0 N–H and O–H groups in total. The van der Waals surface area contributed by atoms with E-state index in [0.717, 1.165) is 36.4 Å². The van der Waals surface area contributed by atoms with Crippen LogP contribution in [-0.2, 0) is 12.6 Å². The Bertz CT molecular complexity index is 642. The van der Waals surface area contributed by atoms with Crippen LogP contribution in [0.3, 0.4) is 0 Å². The minimum Gasteiger partial charge on any atom is -0.215 e. The second-order valence-corrected chi connectivity index (χ2v) is 6.28. The maximum atomic E-state index is 12.8. The summed E-state index contributed by atoms with van der Waals surface area (Å²) < 4.78 is 40.5. The zero-order valence-corrected chi connectivity index (χ0v) is 14.5. The first-order chi connectivity index (χ1) is 9.75. The Morgan fingerprint density at radius 3 is 2.24 bits per heavy atom. The van der Waals surface area contributed by atoms with Gasteiger partial charge in [0.05, 0.1) is 22.6 Å². The summed E-state index contributed by atoms with van der Waals surface area (Å²) in [7, 11) is 0. The van der Waals surface area contributed by atoms with Crippen molar-refractivity contribution < 1.29 is 13.2 Å². The van der Waals surface area contributed by atoms with Gasteiger partial charge in [0.25, 0.3) is 0 Å². The molecule has 0 atom stereocenters. The van der Waals surface area contributed by atoms with Crippen molar-refractivity contribution in [1.82, 2.24) is 15.0 Å². The van der Waals surface area contributed by atoms with Gasteiger partial charge in [0.15, 0.2) is 0 Å². The van der Waals surface area contributed by atoms with E-state index in [1.807, 2.05) is 13.8 Å². The Morgan fingerprint density at radius 1 is 1.19 bits per heavy atom. The molecule has 114 valence electrons. The highest BCUT2D eigenvalue weighted by Crippen LogP contribution is 2.38. The number of aromatic nitrogens is 3. The van der Waals surface area contributed by atoms with Gasteiger partial charge in [-0.2, -0.15) is 13.2 Å². The van der Waals surface area contributed by atoms with Crippen molar-refractivity contribution in [1.29, 1.82) is 0 Å². The largest absolute Gasteiger partial charge is 0.416 e. The van der Waals surface area contributed by atoms with E-state index in [1.165, 1.54) is 0 Å². The van der Waals surface area contributed by atoms with Crippen LogP contribution in [0.1, 0.15) is 30.3 Å². The Balaban J connectivity index is 2.55. The molecular weight excluding hydrogens is 415 g/mol. The van der Waals surface area contributed by atoms with E-state index in [2.05, 4.69) is 42.2 Å². The number of hydrogen-bond acceptors (Lipinski definition) is 2. The van der Waals surface area contributed by atoms with Gasteiger partial charge in [-0.3, -0.25) is 0 Å². The third kappa shape index (κ3) is 3.31. The van der Waals surface area contributed by atoms with Crippen LogP contribution in [0.25, 0.3) is 5.69 Å².